The molecule has 8 nitrogen and oxygen atoms in total. The number of hydrogen-bond acceptors (Lipinski definition) is 7. The number of amides is 1. The van der Waals surface area contributed by atoms with Crippen molar-refractivity contribution in [2.75, 3.05) is 25.5 Å². The van der Waals surface area contributed by atoms with Crippen LogP contribution in [0.1, 0.15) is 44.2 Å². The number of nitrogens with zero attached hydrogens (tertiary/aromatic N) is 1. The van der Waals surface area contributed by atoms with E-state index >= 15 is 0 Å². The summed E-state index contributed by atoms with van der Waals surface area (Å²) in [6, 6.07) is 8.20. The van der Waals surface area contributed by atoms with E-state index in [1.165, 1.54) is 26.9 Å². The van der Waals surface area contributed by atoms with Gasteiger partial charge in [0.25, 0.3) is 5.91 Å². The van der Waals surface area contributed by atoms with Crippen molar-refractivity contribution in [3.8, 4) is 17.2 Å². The number of ether oxygens (including phenoxy) is 2. The first-order valence-corrected chi connectivity index (χ1v) is 13.5. The number of phenolic OH excluding ortho intramolecular Hbond substituents is 1. The van der Waals surface area contributed by atoms with Crippen LogP contribution in [0.2, 0.25) is 5.02 Å². The quantitative estimate of drug-likeness (QED) is 0.319. The van der Waals surface area contributed by atoms with Crippen molar-refractivity contribution in [1.82, 2.24) is 4.90 Å². The zero-order chi connectivity index (χ0) is 27.0. The van der Waals surface area contributed by atoms with Gasteiger partial charge in [0.2, 0.25) is 0 Å². The molecule has 1 spiro atoms. The Morgan fingerprint density at radius 3 is 2.74 bits per heavy atom. The number of aliphatic hydroxyl groups is 2. The van der Waals surface area contributed by atoms with Gasteiger partial charge < -0.3 is 30.1 Å². The van der Waals surface area contributed by atoms with Crippen molar-refractivity contribution in [1.29, 1.82) is 0 Å². The van der Waals surface area contributed by atoms with Crippen molar-refractivity contribution in [2.45, 2.75) is 62.7 Å². The first kappa shape index (κ1) is 25.3. The van der Waals surface area contributed by atoms with E-state index in [0.717, 1.165) is 24.2 Å². The third-order valence-electron chi connectivity index (χ3n) is 9.12. The topological polar surface area (TPSA) is 111 Å². The third kappa shape index (κ3) is 3.61. The summed E-state index contributed by atoms with van der Waals surface area (Å²) in [6.45, 7) is 5.01. The van der Waals surface area contributed by atoms with E-state index in [1.807, 2.05) is 13.0 Å². The average molecular weight is 541 g/mol. The van der Waals surface area contributed by atoms with Crippen LogP contribution >= 0.6 is 11.6 Å². The summed E-state index contributed by atoms with van der Waals surface area (Å²) in [5.74, 6) is 0.598. The lowest BCUT2D eigenvalue weighted by atomic mass is 9.53. The lowest BCUT2D eigenvalue weighted by molar-refractivity contribution is -0.153. The first-order valence-electron chi connectivity index (χ1n) is 13.1. The normalized spacial score (nSPS) is 30.2. The SMILES string of the molecule is COc1ccc(NC(=O)/C(C)=C(\O)[C@@H]2Oc3c(O)ccc4c3[C@@]23CCN(CC2CC2)[C@H](C4)[C@@]3(C)O)cc1Cl. The van der Waals surface area contributed by atoms with Crippen LogP contribution in [0.5, 0.6) is 17.2 Å². The summed E-state index contributed by atoms with van der Waals surface area (Å²) in [4.78, 5) is 15.6. The van der Waals surface area contributed by atoms with E-state index in [1.54, 1.807) is 24.3 Å². The lowest BCUT2D eigenvalue weighted by Gasteiger charge is -2.59. The number of benzene rings is 2. The van der Waals surface area contributed by atoms with Crippen LogP contribution in [0.25, 0.3) is 0 Å². The van der Waals surface area contributed by atoms with Gasteiger partial charge in [0.1, 0.15) is 11.5 Å². The number of hydrogen-bond donors (Lipinski definition) is 4. The Bertz CT molecular complexity index is 1350. The minimum atomic E-state index is -1.27. The fourth-order valence-corrected chi connectivity index (χ4v) is 7.11. The zero-order valence-corrected chi connectivity index (χ0v) is 22.5. The largest absolute Gasteiger partial charge is 0.508 e. The molecule has 2 fully saturated rings. The van der Waals surface area contributed by atoms with Gasteiger partial charge in [-0.3, -0.25) is 9.69 Å². The molecule has 9 heteroatoms. The van der Waals surface area contributed by atoms with Gasteiger partial charge >= 0.3 is 0 Å². The summed E-state index contributed by atoms with van der Waals surface area (Å²) < 4.78 is 11.5. The maximum Gasteiger partial charge on any atom is 0.254 e. The van der Waals surface area contributed by atoms with Crippen LogP contribution in [-0.2, 0) is 16.6 Å². The number of phenols is 1. The van der Waals surface area contributed by atoms with Gasteiger partial charge in [-0.1, -0.05) is 17.7 Å². The lowest BCUT2D eigenvalue weighted by Crippen LogP contribution is -2.73. The number of methoxy groups -OCH3 is 1. The molecule has 1 saturated carbocycles. The zero-order valence-electron chi connectivity index (χ0n) is 21.8. The van der Waals surface area contributed by atoms with Gasteiger partial charge in [0.15, 0.2) is 17.6 Å². The third-order valence-corrected chi connectivity index (χ3v) is 9.42. The number of likely N-dealkylation sites (tertiary alicyclic amines) is 1. The monoisotopic (exact) mass is 540 g/mol. The van der Waals surface area contributed by atoms with Crippen LogP contribution in [0.4, 0.5) is 5.69 Å². The molecule has 4 aliphatic rings. The van der Waals surface area contributed by atoms with E-state index in [9.17, 15) is 20.1 Å². The first-order chi connectivity index (χ1) is 18.1. The Kier molecular flexibility index (Phi) is 5.87. The Morgan fingerprint density at radius 1 is 1.29 bits per heavy atom. The predicted molar refractivity (Wildman–Crippen MR) is 143 cm³/mol. The van der Waals surface area contributed by atoms with Crippen molar-refractivity contribution < 1.29 is 29.6 Å². The van der Waals surface area contributed by atoms with Crippen molar-refractivity contribution >= 4 is 23.2 Å². The minimum Gasteiger partial charge on any atom is -0.508 e. The van der Waals surface area contributed by atoms with E-state index in [-0.39, 0.29) is 28.9 Å². The number of anilines is 1. The van der Waals surface area contributed by atoms with E-state index in [0.29, 0.717) is 35.2 Å². The number of aromatic hydroxyl groups is 1. The Morgan fingerprint density at radius 2 is 2.05 bits per heavy atom. The summed E-state index contributed by atoms with van der Waals surface area (Å²) in [5.41, 5.74) is -0.0422. The molecule has 2 heterocycles. The Hall–Kier alpha value is -2.94. The minimum absolute atomic E-state index is 0.0388. The number of fused-ring (bicyclic) bond motifs is 1. The molecule has 6 rings (SSSR count). The number of carbonyl (C=O) groups excluding carboxylic acids is 1. The van der Waals surface area contributed by atoms with Crippen LogP contribution in [0.15, 0.2) is 41.7 Å². The number of carbonyl (C=O) groups is 1. The number of nitrogens with one attached hydrogen (secondary N) is 1. The molecule has 1 saturated heterocycles. The number of rotatable bonds is 6. The van der Waals surface area contributed by atoms with Crippen molar-refractivity contribution in [3.63, 3.8) is 0 Å². The molecule has 4 atom stereocenters. The molecule has 2 aliphatic heterocycles. The van der Waals surface area contributed by atoms with Gasteiger partial charge in [-0.15, -0.1) is 0 Å². The molecule has 0 radical (unpaired) electrons. The summed E-state index contributed by atoms with van der Waals surface area (Å²) in [6.07, 6.45) is 2.55. The van der Waals surface area contributed by atoms with Gasteiger partial charge in [-0.25, -0.2) is 0 Å². The highest BCUT2D eigenvalue weighted by Crippen LogP contribution is 2.63. The maximum absolute atomic E-state index is 13.2. The summed E-state index contributed by atoms with van der Waals surface area (Å²) >= 11 is 6.21. The summed E-state index contributed by atoms with van der Waals surface area (Å²) in [5, 5.41) is 37.7. The molecule has 2 bridgehead atoms. The second kappa shape index (κ2) is 8.79. The molecule has 2 aromatic rings. The van der Waals surface area contributed by atoms with Crippen molar-refractivity contribution in [2.24, 2.45) is 5.92 Å². The molecule has 202 valence electrons. The fraction of sp³-hybridized carbons (Fsp3) is 0.483. The maximum atomic E-state index is 13.2. The molecular formula is C29H33ClN2O6. The molecule has 0 unspecified atom stereocenters. The van der Waals surface area contributed by atoms with E-state index in [4.69, 9.17) is 21.1 Å². The van der Waals surface area contributed by atoms with Crippen LogP contribution in [-0.4, -0.2) is 64.1 Å². The second-order valence-electron chi connectivity index (χ2n) is 11.3. The van der Waals surface area contributed by atoms with Gasteiger partial charge in [0, 0.05) is 23.8 Å². The number of piperidine rings is 1. The highest BCUT2D eigenvalue weighted by atomic mass is 35.5. The van der Waals surface area contributed by atoms with Crippen LogP contribution in [0, 0.1) is 5.92 Å². The molecule has 4 N–H and O–H groups in total. The average Bonchev–Trinajstić information content (AvgIpc) is 3.62. The standard InChI is InChI=1S/C29H33ClN2O6/c1-15(27(35)31-18-7-9-21(37-3)19(30)13-18)24(34)26-29-10-11-32(14-16-4-5-16)22(28(29,2)36)12-17-6-8-20(33)25(38-26)23(17)29/h6-9,13,16,22,26,33-34,36H,4-5,10-12,14H2,1-3H3,(H,31,35)/b24-15-/t22-,26+,28-,29+/m1/s1. The highest BCUT2D eigenvalue weighted by Gasteiger charge is 2.69. The van der Waals surface area contributed by atoms with Gasteiger partial charge in [0.05, 0.1) is 28.7 Å². The number of aliphatic hydroxyl groups excluding tert-OH is 1. The molecule has 2 aliphatic carbocycles. The summed E-state index contributed by atoms with van der Waals surface area (Å²) in [7, 11) is 1.51. The van der Waals surface area contributed by atoms with E-state index in [2.05, 4.69) is 10.2 Å². The number of halogens is 1. The molecular weight excluding hydrogens is 508 g/mol. The highest BCUT2D eigenvalue weighted by molar-refractivity contribution is 6.32. The molecule has 0 aromatic heterocycles. The van der Waals surface area contributed by atoms with E-state index < -0.39 is 23.0 Å². The molecule has 2 aromatic carbocycles. The van der Waals surface area contributed by atoms with Crippen molar-refractivity contribution in [3.05, 3.63) is 57.8 Å². The Balaban J connectivity index is 1.39. The fourth-order valence-electron chi connectivity index (χ4n) is 6.85. The second-order valence-corrected chi connectivity index (χ2v) is 11.7. The van der Waals surface area contributed by atoms with Crippen LogP contribution < -0.4 is 14.8 Å². The van der Waals surface area contributed by atoms with Gasteiger partial charge in [-0.05, 0) is 81.8 Å². The smallest absolute Gasteiger partial charge is 0.254 e. The van der Waals surface area contributed by atoms with Crippen LogP contribution in [0.3, 0.4) is 0 Å². The predicted octanol–water partition coefficient (Wildman–Crippen LogP) is 4.32. The van der Waals surface area contributed by atoms with Gasteiger partial charge in [-0.2, -0.15) is 0 Å². The Labute approximate surface area is 226 Å². The molecule has 1 amide bonds. The molecule has 38 heavy (non-hydrogen) atoms.